The summed E-state index contributed by atoms with van der Waals surface area (Å²) in [6, 6.07) is 0.324. The Labute approximate surface area is 96.0 Å². The van der Waals surface area contributed by atoms with Crippen molar-refractivity contribution in [2.45, 2.75) is 26.8 Å². The summed E-state index contributed by atoms with van der Waals surface area (Å²) in [7, 11) is 3.11. The molecule has 0 radical (unpaired) electrons. The van der Waals surface area contributed by atoms with E-state index in [9.17, 15) is 0 Å². The van der Waals surface area contributed by atoms with Gasteiger partial charge in [-0.3, -0.25) is 0 Å². The Morgan fingerprint density at radius 2 is 1.88 bits per heavy atom. The lowest BCUT2D eigenvalue weighted by atomic mass is 10.0. The average molecular weight is 225 g/mol. The molecule has 0 atom stereocenters. The Kier molecular flexibility index (Phi) is 4.49. The van der Waals surface area contributed by atoms with E-state index in [1.54, 1.807) is 7.11 Å². The second-order valence-electron chi connectivity index (χ2n) is 3.95. The first-order valence-electron chi connectivity index (χ1n) is 5.30. The van der Waals surface area contributed by atoms with Crippen molar-refractivity contribution in [1.82, 2.24) is 9.97 Å². The first-order valence-corrected chi connectivity index (χ1v) is 5.30. The Morgan fingerprint density at radius 3 is 2.31 bits per heavy atom. The summed E-state index contributed by atoms with van der Waals surface area (Å²) in [5.41, 5.74) is 7.46. The van der Waals surface area contributed by atoms with E-state index in [0.717, 1.165) is 17.7 Å². The zero-order valence-corrected chi connectivity index (χ0v) is 10.3. The molecule has 0 bridgehead atoms. The molecular weight excluding hydrogens is 206 g/mol. The lowest BCUT2D eigenvalue weighted by molar-refractivity contribution is 0.345. The van der Waals surface area contributed by atoms with E-state index in [0.29, 0.717) is 24.4 Å². The summed E-state index contributed by atoms with van der Waals surface area (Å²) in [5, 5.41) is 0. The van der Waals surface area contributed by atoms with Crippen molar-refractivity contribution >= 4 is 0 Å². The molecule has 0 spiro atoms. The summed E-state index contributed by atoms with van der Waals surface area (Å²) in [6.07, 6.45) is 0.835. The van der Waals surface area contributed by atoms with Gasteiger partial charge in [0.25, 0.3) is 0 Å². The van der Waals surface area contributed by atoms with Gasteiger partial charge in [-0.05, 0) is 12.3 Å². The zero-order chi connectivity index (χ0) is 12.1. The van der Waals surface area contributed by atoms with E-state index in [4.69, 9.17) is 15.2 Å². The summed E-state index contributed by atoms with van der Waals surface area (Å²) in [4.78, 5) is 8.43. The number of aromatic nitrogens is 2. The molecule has 2 N–H and O–H groups in total. The molecule has 5 heteroatoms. The maximum atomic E-state index is 5.69. The topological polar surface area (TPSA) is 70.3 Å². The van der Waals surface area contributed by atoms with Gasteiger partial charge in [-0.15, -0.1) is 0 Å². The molecule has 0 aliphatic heterocycles. The standard InChI is InChI=1S/C11H19N3O2/c1-7(2)5-9-8(6-12)10(15-3)14-11(13-9)16-4/h7H,5-6,12H2,1-4H3. The van der Waals surface area contributed by atoms with Crippen LogP contribution in [0.4, 0.5) is 0 Å². The molecule has 0 aliphatic carbocycles. The van der Waals surface area contributed by atoms with Gasteiger partial charge >= 0.3 is 6.01 Å². The van der Waals surface area contributed by atoms with Gasteiger partial charge in [0.15, 0.2) is 0 Å². The number of nitrogens with two attached hydrogens (primary N) is 1. The molecule has 0 saturated heterocycles. The van der Waals surface area contributed by atoms with Crippen LogP contribution in [-0.4, -0.2) is 24.2 Å². The van der Waals surface area contributed by atoms with Crippen LogP contribution < -0.4 is 15.2 Å². The first-order chi connectivity index (χ1) is 7.62. The van der Waals surface area contributed by atoms with Crippen LogP contribution in [-0.2, 0) is 13.0 Å². The number of nitrogens with zero attached hydrogens (tertiary/aromatic N) is 2. The molecular formula is C11H19N3O2. The highest BCUT2D eigenvalue weighted by Crippen LogP contribution is 2.23. The fourth-order valence-electron chi connectivity index (χ4n) is 1.51. The number of methoxy groups -OCH3 is 2. The van der Waals surface area contributed by atoms with E-state index >= 15 is 0 Å². The third-order valence-electron chi connectivity index (χ3n) is 2.22. The van der Waals surface area contributed by atoms with Crippen LogP contribution in [0.15, 0.2) is 0 Å². The van der Waals surface area contributed by atoms with Crippen LogP contribution in [0, 0.1) is 5.92 Å². The minimum absolute atomic E-state index is 0.324. The minimum atomic E-state index is 0.324. The molecule has 0 unspecified atom stereocenters. The highest BCUT2D eigenvalue weighted by atomic mass is 16.5. The van der Waals surface area contributed by atoms with E-state index in [1.165, 1.54) is 7.11 Å². The highest BCUT2D eigenvalue weighted by molar-refractivity contribution is 5.32. The second-order valence-corrected chi connectivity index (χ2v) is 3.95. The van der Waals surface area contributed by atoms with Crippen molar-refractivity contribution in [3.8, 4) is 11.9 Å². The van der Waals surface area contributed by atoms with E-state index in [1.807, 2.05) is 0 Å². The Hall–Kier alpha value is -1.36. The van der Waals surface area contributed by atoms with Crippen LogP contribution in [0.5, 0.6) is 11.9 Å². The predicted molar refractivity (Wildman–Crippen MR) is 61.6 cm³/mol. The number of rotatable bonds is 5. The molecule has 0 saturated carbocycles. The number of hydrogen-bond donors (Lipinski definition) is 1. The maximum absolute atomic E-state index is 5.69. The quantitative estimate of drug-likeness (QED) is 0.814. The van der Waals surface area contributed by atoms with Crippen LogP contribution in [0.2, 0.25) is 0 Å². The fraction of sp³-hybridized carbons (Fsp3) is 0.636. The second kappa shape index (κ2) is 5.65. The van der Waals surface area contributed by atoms with Crippen molar-refractivity contribution in [2.75, 3.05) is 14.2 Å². The molecule has 16 heavy (non-hydrogen) atoms. The number of ether oxygens (including phenoxy) is 2. The SMILES string of the molecule is COc1nc(CC(C)C)c(CN)c(OC)n1. The third-order valence-corrected chi connectivity index (χ3v) is 2.22. The minimum Gasteiger partial charge on any atom is -0.481 e. The van der Waals surface area contributed by atoms with Gasteiger partial charge in [-0.1, -0.05) is 13.8 Å². The lowest BCUT2D eigenvalue weighted by Crippen LogP contribution is -2.11. The molecule has 1 rings (SSSR count). The van der Waals surface area contributed by atoms with Crippen molar-refractivity contribution in [3.05, 3.63) is 11.3 Å². The molecule has 0 amide bonds. The van der Waals surface area contributed by atoms with Gasteiger partial charge in [-0.2, -0.15) is 9.97 Å². The maximum Gasteiger partial charge on any atom is 0.319 e. The molecule has 1 aromatic rings. The fourth-order valence-corrected chi connectivity index (χ4v) is 1.51. The molecule has 0 aromatic carbocycles. The van der Waals surface area contributed by atoms with Crippen molar-refractivity contribution in [3.63, 3.8) is 0 Å². The van der Waals surface area contributed by atoms with Gasteiger partial charge in [0.05, 0.1) is 19.9 Å². The molecule has 0 aliphatic rings. The third kappa shape index (κ3) is 2.82. The molecule has 90 valence electrons. The molecule has 1 aromatic heterocycles. The van der Waals surface area contributed by atoms with E-state index < -0.39 is 0 Å². The summed E-state index contributed by atoms with van der Waals surface area (Å²) in [6.45, 7) is 4.62. The van der Waals surface area contributed by atoms with Crippen molar-refractivity contribution < 1.29 is 9.47 Å². The normalized spacial score (nSPS) is 10.6. The smallest absolute Gasteiger partial charge is 0.319 e. The van der Waals surface area contributed by atoms with Crippen LogP contribution in [0.25, 0.3) is 0 Å². The zero-order valence-electron chi connectivity index (χ0n) is 10.3. The van der Waals surface area contributed by atoms with Crippen LogP contribution >= 0.6 is 0 Å². The Morgan fingerprint density at radius 1 is 1.19 bits per heavy atom. The van der Waals surface area contributed by atoms with Crippen molar-refractivity contribution in [2.24, 2.45) is 11.7 Å². The van der Waals surface area contributed by atoms with Crippen LogP contribution in [0.1, 0.15) is 25.1 Å². The van der Waals surface area contributed by atoms with Crippen molar-refractivity contribution in [1.29, 1.82) is 0 Å². The Balaban J connectivity index is 3.19. The van der Waals surface area contributed by atoms with Crippen LogP contribution in [0.3, 0.4) is 0 Å². The van der Waals surface area contributed by atoms with Gasteiger partial charge in [-0.25, -0.2) is 0 Å². The van der Waals surface area contributed by atoms with Gasteiger partial charge in [0, 0.05) is 12.1 Å². The largest absolute Gasteiger partial charge is 0.481 e. The van der Waals surface area contributed by atoms with Gasteiger partial charge < -0.3 is 15.2 Å². The molecule has 5 nitrogen and oxygen atoms in total. The molecule has 0 fully saturated rings. The summed E-state index contributed by atoms with van der Waals surface area (Å²) < 4.78 is 10.2. The Bertz CT molecular complexity index is 353. The van der Waals surface area contributed by atoms with Gasteiger partial charge in [0.2, 0.25) is 5.88 Å². The number of hydrogen-bond acceptors (Lipinski definition) is 5. The monoisotopic (exact) mass is 225 g/mol. The van der Waals surface area contributed by atoms with E-state index in [2.05, 4.69) is 23.8 Å². The summed E-state index contributed by atoms with van der Waals surface area (Å²) in [5.74, 6) is 1.000. The average Bonchev–Trinajstić information content (AvgIpc) is 2.27. The van der Waals surface area contributed by atoms with E-state index in [-0.39, 0.29) is 0 Å². The van der Waals surface area contributed by atoms with Gasteiger partial charge in [0.1, 0.15) is 0 Å². The predicted octanol–water partition coefficient (Wildman–Crippen LogP) is 1.15. The summed E-state index contributed by atoms with van der Waals surface area (Å²) >= 11 is 0. The lowest BCUT2D eigenvalue weighted by Gasteiger charge is -2.13. The molecule has 1 heterocycles. The first kappa shape index (κ1) is 12.7. The highest BCUT2D eigenvalue weighted by Gasteiger charge is 2.15.